The van der Waals surface area contributed by atoms with Crippen LogP contribution in [-0.2, 0) is 0 Å². The average Bonchev–Trinajstić information content (AvgIpc) is 2.83. The van der Waals surface area contributed by atoms with E-state index in [9.17, 15) is 0 Å². The Morgan fingerprint density at radius 3 is 2.88 bits per heavy atom. The third-order valence-electron chi connectivity index (χ3n) is 2.42. The van der Waals surface area contributed by atoms with E-state index in [0.717, 1.165) is 33.2 Å². The molecule has 0 saturated heterocycles. The van der Waals surface area contributed by atoms with Crippen molar-refractivity contribution in [2.45, 2.75) is 6.92 Å². The van der Waals surface area contributed by atoms with Crippen LogP contribution < -0.4 is 9.47 Å². The number of benzene rings is 1. The highest BCUT2D eigenvalue weighted by Gasteiger charge is 2.16. The van der Waals surface area contributed by atoms with Crippen molar-refractivity contribution in [1.29, 1.82) is 0 Å². The molecule has 1 aromatic carbocycles. The van der Waals surface area contributed by atoms with Gasteiger partial charge in [0.25, 0.3) is 0 Å². The fraction of sp³-hybridized carbons (Fsp3) is 0.182. The van der Waals surface area contributed by atoms with Gasteiger partial charge in [-0.2, -0.15) is 0 Å². The molecule has 2 aromatic rings. The van der Waals surface area contributed by atoms with E-state index in [2.05, 4.69) is 25.9 Å². The zero-order valence-electron chi connectivity index (χ0n) is 8.58. The van der Waals surface area contributed by atoms with Crippen LogP contribution in [0.3, 0.4) is 0 Å². The van der Waals surface area contributed by atoms with Gasteiger partial charge in [0.15, 0.2) is 11.5 Å². The summed E-state index contributed by atoms with van der Waals surface area (Å²) in [6, 6.07) is 5.80. The summed E-state index contributed by atoms with van der Waals surface area (Å²) < 4.78 is 11.5. The van der Waals surface area contributed by atoms with Crippen LogP contribution in [0.5, 0.6) is 11.5 Å². The lowest BCUT2D eigenvalue weighted by atomic mass is 10.1. The molecule has 1 aliphatic rings. The van der Waals surface area contributed by atoms with Crippen LogP contribution in [0.25, 0.3) is 11.3 Å². The number of hydrogen-bond donors (Lipinski definition) is 1. The van der Waals surface area contributed by atoms with Gasteiger partial charge in [-0.25, -0.2) is 4.98 Å². The zero-order chi connectivity index (χ0) is 11.1. The molecule has 2 heterocycles. The SMILES string of the molecule is Cc1nc(-c2ccc3c(c2)OCO3)c(Br)[nH]1. The number of imidazole rings is 1. The van der Waals surface area contributed by atoms with E-state index in [1.807, 2.05) is 25.1 Å². The Morgan fingerprint density at radius 1 is 1.31 bits per heavy atom. The van der Waals surface area contributed by atoms with E-state index in [-0.39, 0.29) is 0 Å². The van der Waals surface area contributed by atoms with Crippen molar-refractivity contribution in [2.75, 3.05) is 6.79 Å². The van der Waals surface area contributed by atoms with Gasteiger partial charge < -0.3 is 14.5 Å². The van der Waals surface area contributed by atoms with Gasteiger partial charge in [-0.05, 0) is 41.1 Å². The molecule has 16 heavy (non-hydrogen) atoms. The number of aromatic nitrogens is 2. The molecule has 1 aromatic heterocycles. The van der Waals surface area contributed by atoms with E-state index >= 15 is 0 Å². The van der Waals surface area contributed by atoms with E-state index in [1.165, 1.54) is 0 Å². The molecule has 0 radical (unpaired) electrons. The first-order valence-electron chi connectivity index (χ1n) is 4.86. The van der Waals surface area contributed by atoms with Crippen LogP contribution in [0.4, 0.5) is 0 Å². The third kappa shape index (κ3) is 1.48. The van der Waals surface area contributed by atoms with Crippen molar-refractivity contribution in [3.05, 3.63) is 28.6 Å². The third-order valence-corrected chi connectivity index (χ3v) is 3.00. The second kappa shape index (κ2) is 3.52. The number of hydrogen-bond acceptors (Lipinski definition) is 3. The summed E-state index contributed by atoms with van der Waals surface area (Å²) in [5.74, 6) is 2.43. The van der Waals surface area contributed by atoms with Gasteiger partial charge in [-0.3, -0.25) is 0 Å². The molecule has 4 nitrogen and oxygen atoms in total. The lowest BCUT2D eigenvalue weighted by Gasteiger charge is -2.00. The van der Waals surface area contributed by atoms with E-state index in [1.54, 1.807) is 0 Å². The number of fused-ring (bicyclic) bond motifs is 1. The van der Waals surface area contributed by atoms with Crippen molar-refractivity contribution in [3.63, 3.8) is 0 Å². The second-order valence-electron chi connectivity index (χ2n) is 3.55. The summed E-state index contributed by atoms with van der Waals surface area (Å²) in [6.07, 6.45) is 0. The number of nitrogens with zero attached hydrogens (tertiary/aromatic N) is 1. The first-order valence-corrected chi connectivity index (χ1v) is 5.65. The smallest absolute Gasteiger partial charge is 0.231 e. The zero-order valence-corrected chi connectivity index (χ0v) is 10.2. The maximum absolute atomic E-state index is 5.33. The minimum absolute atomic E-state index is 0.291. The lowest BCUT2D eigenvalue weighted by molar-refractivity contribution is 0.174. The maximum Gasteiger partial charge on any atom is 0.231 e. The summed E-state index contributed by atoms with van der Waals surface area (Å²) in [7, 11) is 0. The summed E-state index contributed by atoms with van der Waals surface area (Å²) in [4.78, 5) is 7.51. The molecule has 0 aliphatic carbocycles. The first-order chi connectivity index (χ1) is 7.74. The van der Waals surface area contributed by atoms with Gasteiger partial charge in [-0.15, -0.1) is 0 Å². The van der Waals surface area contributed by atoms with Crippen molar-refractivity contribution < 1.29 is 9.47 Å². The molecule has 0 fully saturated rings. The molecule has 1 N–H and O–H groups in total. The molecule has 0 amide bonds. The van der Waals surface area contributed by atoms with Crippen LogP contribution in [-0.4, -0.2) is 16.8 Å². The molecule has 0 saturated carbocycles. The fourth-order valence-corrected chi connectivity index (χ4v) is 2.30. The second-order valence-corrected chi connectivity index (χ2v) is 4.35. The van der Waals surface area contributed by atoms with E-state index in [4.69, 9.17) is 9.47 Å². The molecule has 0 atom stereocenters. The monoisotopic (exact) mass is 280 g/mol. The Hall–Kier alpha value is -1.49. The number of rotatable bonds is 1. The van der Waals surface area contributed by atoms with Crippen molar-refractivity contribution in [3.8, 4) is 22.8 Å². The topological polar surface area (TPSA) is 47.1 Å². The summed E-state index contributed by atoms with van der Waals surface area (Å²) in [6.45, 7) is 2.21. The number of ether oxygens (including phenoxy) is 2. The minimum Gasteiger partial charge on any atom is -0.454 e. The molecule has 3 rings (SSSR count). The molecular formula is C11H9BrN2O2. The Balaban J connectivity index is 2.10. The standard InChI is InChI=1S/C11H9BrN2O2/c1-6-13-10(11(12)14-6)7-2-3-8-9(4-7)16-5-15-8/h2-4H,5H2,1H3,(H,13,14). The quantitative estimate of drug-likeness (QED) is 0.874. The highest BCUT2D eigenvalue weighted by molar-refractivity contribution is 9.10. The highest BCUT2D eigenvalue weighted by Crippen LogP contribution is 2.37. The molecule has 0 bridgehead atoms. The Labute approximate surface area is 101 Å². The molecular weight excluding hydrogens is 272 g/mol. The molecule has 5 heteroatoms. The number of H-pyrrole nitrogens is 1. The number of aryl methyl sites for hydroxylation is 1. The summed E-state index contributed by atoms with van der Waals surface area (Å²) >= 11 is 3.44. The van der Waals surface area contributed by atoms with E-state index < -0.39 is 0 Å². The average molecular weight is 281 g/mol. The number of halogens is 1. The van der Waals surface area contributed by atoms with Gasteiger partial charge in [-0.1, -0.05) is 0 Å². The van der Waals surface area contributed by atoms with Crippen LogP contribution in [0.2, 0.25) is 0 Å². The van der Waals surface area contributed by atoms with Crippen LogP contribution in [0, 0.1) is 6.92 Å². The van der Waals surface area contributed by atoms with Crippen molar-refractivity contribution >= 4 is 15.9 Å². The van der Waals surface area contributed by atoms with Gasteiger partial charge in [0, 0.05) is 5.56 Å². The predicted octanol–water partition coefficient (Wildman–Crippen LogP) is 2.88. The van der Waals surface area contributed by atoms with Crippen molar-refractivity contribution in [2.24, 2.45) is 0 Å². The van der Waals surface area contributed by atoms with E-state index in [0.29, 0.717) is 6.79 Å². The molecule has 82 valence electrons. The maximum atomic E-state index is 5.33. The van der Waals surface area contributed by atoms with Crippen LogP contribution >= 0.6 is 15.9 Å². The van der Waals surface area contributed by atoms with Gasteiger partial charge >= 0.3 is 0 Å². The lowest BCUT2D eigenvalue weighted by Crippen LogP contribution is -1.92. The fourth-order valence-electron chi connectivity index (χ4n) is 1.70. The predicted molar refractivity (Wildman–Crippen MR) is 62.6 cm³/mol. The minimum atomic E-state index is 0.291. The van der Waals surface area contributed by atoms with Gasteiger partial charge in [0.05, 0.1) is 0 Å². The summed E-state index contributed by atoms with van der Waals surface area (Å²) in [5.41, 5.74) is 1.89. The molecule has 1 aliphatic heterocycles. The Morgan fingerprint density at radius 2 is 2.12 bits per heavy atom. The van der Waals surface area contributed by atoms with Gasteiger partial charge in [0.2, 0.25) is 6.79 Å². The largest absolute Gasteiger partial charge is 0.454 e. The van der Waals surface area contributed by atoms with Gasteiger partial charge in [0.1, 0.15) is 16.1 Å². The Bertz CT molecular complexity index is 551. The van der Waals surface area contributed by atoms with Crippen LogP contribution in [0.1, 0.15) is 5.82 Å². The van der Waals surface area contributed by atoms with Crippen LogP contribution in [0.15, 0.2) is 22.8 Å². The number of nitrogens with one attached hydrogen (secondary N) is 1. The normalized spacial score (nSPS) is 13.1. The van der Waals surface area contributed by atoms with Crippen molar-refractivity contribution in [1.82, 2.24) is 9.97 Å². The first kappa shape index (κ1) is 9.72. The Kier molecular flexibility index (Phi) is 2.14. The highest BCUT2D eigenvalue weighted by atomic mass is 79.9. The number of aromatic amines is 1. The molecule has 0 spiro atoms. The summed E-state index contributed by atoms with van der Waals surface area (Å²) in [5, 5.41) is 0. The molecule has 0 unspecified atom stereocenters.